The van der Waals surface area contributed by atoms with Crippen LogP contribution in [0, 0.1) is 0 Å². The second-order valence-electron chi connectivity index (χ2n) is 2.35. The molecule has 0 aromatic heterocycles. The monoisotopic (exact) mass is 181 g/mol. The smallest absolute Gasteiger partial charge is 0.223 e. The zero-order chi connectivity index (χ0) is 7.72. The molecule has 3 nitrogen and oxygen atoms in total. The maximum atomic E-state index is 10.8. The molecule has 1 heterocycles. The van der Waals surface area contributed by atoms with Crippen molar-refractivity contribution < 1.29 is 9.00 Å². The molecule has 0 spiro atoms. The van der Waals surface area contributed by atoms with Crippen LogP contribution in [0.4, 0.5) is 0 Å². The van der Waals surface area contributed by atoms with Crippen LogP contribution in [0.15, 0.2) is 0 Å². The molecular formula is C5H8ClNO2S. The van der Waals surface area contributed by atoms with Crippen molar-refractivity contribution in [2.45, 2.75) is 11.7 Å². The van der Waals surface area contributed by atoms with E-state index in [2.05, 4.69) is 0 Å². The van der Waals surface area contributed by atoms with E-state index in [9.17, 15) is 9.00 Å². The number of halogens is 1. The summed E-state index contributed by atoms with van der Waals surface area (Å²) in [6, 6.07) is 0. The Labute approximate surface area is 66.3 Å². The van der Waals surface area contributed by atoms with Gasteiger partial charge in [-0.2, -0.15) is 0 Å². The molecule has 2 unspecified atom stereocenters. The van der Waals surface area contributed by atoms with Crippen LogP contribution in [0.1, 0.15) is 6.42 Å². The van der Waals surface area contributed by atoms with Crippen molar-refractivity contribution in [3.05, 3.63) is 0 Å². The molecule has 1 aliphatic rings. The fraction of sp³-hybridized carbons (Fsp3) is 0.800. The van der Waals surface area contributed by atoms with Gasteiger partial charge in [-0.15, -0.1) is 0 Å². The fourth-order valence-electron chi connectivity index (χ4n) is 0.947. The van der Waals surface area contributed by atoms with E-state index in [1.807, 2.05) is 0 Å². The van der Waals surface area contributed by atoms with Gasteiger partial charge in [-0.05, 0) is 10.7 Å². The van der Waals surface area contributed by atoms with Crippen molar-refractivity contribution >= 4 is 26.6 Å². The first-order valence-electron chi connectivity index (χ1n) is 2.92. The van der Waals surface area contributed by atoms with Crippen LogP contribution in [0.25, 0.3) is 0 Å². The molecule has 1 fully saturated rings. The van der Waals surface area contributed by atoms with Gasteiger partial charge >= 0.3 is 0 Å². The molecule has 0 radical (unpaired) electrons. The largest absolute Gasteiger partial charge is 0.344 e. The van der Waals surface area contributed by atoms with Gasteiger partial charge in [0.25, 0.3) is 0 Å². The molecule has 0 aliphatic carbocycles. The lowest BCUT2D eigenvalue weighted by Crippen LogP contribution is -2.20. The average Bonchev–Trinajstić information content (AvgIpc) is 2.13. The summed E-state index contributed by atoms with van der Waals surface area (Å²) in [5.74, 6) is 0.0269. The van der Waals surface area contributed by atoms with Gasteiger partial charge in [-0.25, -0.2) is 4.21 Å². The molecule has 0 bridgehead atoms. The van der Waals surface area contributed by atoms with E-state index in [4.69, 9.17) is 10.7 Å². The Bertz CT molecular complexity index is 184. The van der Waals surface area contributed by atoms with Crippen molar-refractivity contribution in [3.8, 4) is 0 Å². The Hall–Kier alpha value is -0.0900. The van der Waals surface area contributed by atoms with Gasteiger partial charge in [-0.1, -0.05) is 0 Å². The maximum absolute atomic E-state index is 10.8. The van der Waals surface area contributed by atoms with Gasteiger partial charge in [0, 0.05) is 20.0 Å². The third-order valence-electron chi connectivity index (χ3n) is 1.57. The minimum Gasteiger partial charge on any atom is -0.344 e. The van der Waals surface area contributed by atoms with Crippen molar-refractivity contribution in [3.63, 3.8) is 0 Å². The predicted octanol–water partition coefficient (Wildman–Crippen LogP) is 0.120. The van der Waals surface area contributed by atoms with E-state index < -0.39 is 10.0 Å². The van der Waals surface area contributed by atoms with Crippen molar-refractivity contribution in [2.24, 2.45) is 0 Å². The topological polar surface area (TPSA) is 37.4 Å². The summed E-state index contributed by atoms with van der Waals surface area (Å²) in [6.07, 6.45) is 0.326. The number of carbonyl (C=O) groups is 1. The summed E-state index contributed by atoms with van der Waals surface area (Å²) in [6.45, 7) is 0.523. The minimum atomic E-state index is -1.37. The molecule has 1 rings (SSSR count). The number of carbonyl (C=O) groups excluding carboxylic acids is 1. The van der Waals surface area contributed by atoms with Crippen LogP contribution in [0.3, 0.4) is 0 Å². The number of hydrogen-bond donors (Lipinski definition) is 0. The van der Waals surface area contributed by atoms with Gasteiger partial charge in [0.15, 0.2) is 0 Å². The summed E-state index contributed by atoms with van der Waals surface area (Å²) in [7, 11) is 5.62. The fourth-order valence-corrected chi connectivity index (χ4v) is 1.92. The SMILES string of the molecule is CN1CC(S(=O)Cl)CC1=O. The molecule has 0 aromatic rings. The number of rotatable bonds is 1. The zero-order valence-corrected chi connectivity index (χ0v) is 7.11. The highest BCUT2D eigenvalue weighted by Gasteiger charge is 2.30. The molecular weight excluding hydrogens is 174 g/mol. The van der Waals surface area contributed by atoms with Gasteiger partial charge in [0.05, 0.1) is 5.25 Å². The Morgan fingerprint density at radius 3 is 2.60 bits per heavy atom. The van der Waals surface area contributed by atoms with Crippen LogP contribution < -0.4 is 0 Å². The van der Waals surface area contributed by atoms with Crippen LogP contribution in [0.5, 0.6) is 0 Å². The van der Waals surface area contributed by atoms with Gasteiger partial charge in [0.2, 0.25) is 5.91 Å². The normalized spacial score (nSPS) is 29.2. The second-order valence-corrected chi connectivity index (χ2v) is 4.42. The Balaban J connectivity index is 2.57. The molecule has 0 N–H and O–H groups in total. The Morgan fingerprint density at radius 1 is 1.80 bits per heavy atom. The van der Waals surface area contributed by atoms with E-state index >= 15 is 0 Å². The molecule has 0 aromatic carbocycles. The number of hydrogen-bond acceptors (Lipinski definition) is 2. The summed E-state index contributed by atoms with van der Waals surface area (Å²) >= 11 is 0. The van der Waals surface area contributed by atoms with E-state index in [0.29, 0.717) is 13.0 Å². The summed E-state index contributed by atoms with van der Waals surface area (Å²) < 4.78 is 10.6. The van der Waals surface area contributed by atoms with Gasteiger partial charge in [0.1, 0.15) is 10.0 Å². The summed E-state index contributed by atoms with van der Waals surface area (Å²) in [5, 5.41) is -0.167. The van der Waals surface area contributed by atoms with Crippen molar-refractivity contribution in [1.82, 2.24) is 4.90 Å². The number of likely N-dealkylation sites (tertiary alicyclic amines) is 1. The van der Waals surface area contributed by atoms with E-state index in [0.717, 1.165) is 0 Å². The van der Waals surface area contributed by atoms with E-state index in [-0.39, 0.29) is 11.2 Å². The van der Waals surface area contributed by atoms with E-state index in [1.54, 1.807) is 11.9 Å². The maximum Gasteiger partial charge on any atom is 0.223 e. The van der Waals surface area contributed by atoms with Crippen molar-refractivity contribution in [1.29, 1.82) is 0 Å². The quantitative estimate of drug-likeness (QED) is 0.539. The summed E-state index contributed by atoms with van der Waals surface area (Å²) in [5.41, 5.74) is 0. The lowest BCUT2D eigenvalue weighted by molar-refractivity contribution is -0.126. The molecule has 1 saturated heterocycles. The third-order valence-corrected chi connectivity index (χ3v) is 3.16. The zero-order valence-electron chi connectivity index (χ0n) is 5.54. The first-order valence-corrected chi connectivity index (χ1v) is 4.96. The molecule has 1 aliphatic heterocycles. The predicted molar refractivity (Wildman–Crippen MR) is 40.0 cm³/mol. The third kappa shape index (κ3) is 1.49. The first-order chi connectivity index (χ1) is 4.61. The van der Waals surface area contributed by atoms with Crippen LogP contribution in [-0.2, 0) is 14.8 Å². The Kier molecular flexibility index (Phi) is 2.31. The second kappa shape index (κ2) is 2.88. The molecule has 58 valence electrons. The van der Waals surface area contributed by atoms with Gasteiger partial charge < -0.3 is 4.90 Å². The lowest BCUT2D eigenvalue weighted by Gasteiger charge is -2.05. The van der Waals surface area contributed by atoms with Crippen molar-refractivity contribution in [2.75, 3.05) is 13.6 Å². The highest BCUT2D eigenvalue weighted by molar-refractivity contribution is 8.08. The lowest BCUT2D eigenvalue weighted by atomic mass is 10.4. The Morgan fingerprint density at radius 2 is 2.40 bits per heavy atom. The molecule has 10 heavy (non-hydrogen) atoms. The molecule has 0 saturated carbocycles. The standard InChI is InChI=1S/C5H8ClNO2S/c1-7-3-4(10(6)9)2-5(7)8/h4H,2-3H2,1H3. The van der Waals surface area contributed by atoms with Crippen LogP contribution >= 0.6 is 10.7 Å². The highest BCUT2D eigenvalue weighted by atomic mass is 35.7. The first kappa shape index (κ1) is 8.01. The van der Waals surface area contributed by atoms with Crippen LogP contribution in [-0.4, -0.2) is 33.9 Å². The minimum absolute atomic E-state index is 0.0269. The highest BCUT2D eigenvalue weighted by Crippen LogP contribution is 2.15. The van der Waals surface area contributed by atoms with Gasteiger partial charge in [-0.3, -0.25) is 4.79 Å². The summed E-state index contributed by atoms with van der Waals surface area (Å²) in [4.78, 5) is 12.4. The molecule has 2 atom stereocenters. The average molecular weight is 182 g/mol. The van der Waals surface area contributed by atoms with Crippen LogP contribution in [0.2, 0.25) is 0 Å². The molecule has 1 amide bonds. The number of nitrogens with zero attached hydrogens (tertiary/aromatic N) is 1. The number of amides is 1. The molecule has 5 heteroatoms. The van der Waals surface area contributed by atoms with E-state index in [1.165, 1.54) is 0 Å².